The highest BCUT2D eigenvalue weighted by Crippen LogP contribution is 2.41. The van der Waals surface area contributed by atoms with Gasteiger partial charge in [-0.25, -0.2) is 0 Å². The Morgan fingerprint density at radius 2 is 2.27 bits per heavy atom. The third-order valence-electron chi connectivity index (χ3n) is 3.58. The van der Waals surface area contributed by atoms with Gasteiger partial charge in [-0.2, -0.15) is 4.37 Å². The molecule has 0 saturated heterocycles. The molecule has 2 rings (SSSR count). The standard InChI is InChI=1S/C11H19N3S/c1-2-11(5-3-4-6-11)8-13-10-7-9(12)14-15-10/h7,13H,2-6,8H2,1H3,(H2,12,14). The summed E-state index contributed by atoms with van der Waals surface area (Å²) >= 11 is 1.46. The summed E-state index contributed by atoms with van der Waals surface area (Å²) in [6.07, 6.45) is 6.78. The Morgan fingerprint density at radius 3 is 2.80 bits per heavy atom. The highest BCUT2D eigenvalue weighted by molar-refractivity contribution is 7.10. The van der Waals surface area contributed by atoms with Gasteiger partial charge in [-0.1, -0.05) is 19.8 Å². The molecule has 0 atom stereocenters. The van der Waals surface area contributed by atoms with Crippen molar-refractivity contribution in [1.29, 1.82) is 0 Å². The minimum atomic E-state index is 0.527. The smallest absolute Gasteiger partial charge is 0.139 e. The maximum Gasteiger partial charge on any atom is 0.139 e. The van der Waals surface area contributed by atoms with E-state index in [1.165, 1.54) is 43.6 Å². The molecule has 1 aromatic heterocycles. The van der Waals surface area contributed by atoms with E-state index >= 15 is 0 Å². The van der Waals surface area contributed by atoms with Crippen LogP contribution in [0.25, 0.3) is 0 Å². The molecule has 3 nitrogen and oxygen atoms in total. The third-order valence-corrected chi connectivity index (χ3v) is 4.34. The van der Waals surface area contributed by atoms with Gasteiger partial charge < -0.3 is 11.1 Å². The van der Waals surface area contributed by atoms with Crippen LogP contribution in [-0.4, -0.2) is 10.9 Å². The lowest BCUT2D eigenvalue weighted by Gasteiger charge is -2.27. The fourth-order valence-electron chi connectivity index (χ4n) is 2.43. The summed E-state index contributed by atoms with van der Waals surface area (Å²) in [6, 6.07) is 1.92. The van der Waals surface area contributed by atoms with Gasteiger partial charge in [0.25, 0.3) is 0 Å². The van der Waals surface area contributed by atoms with Crippen molar-refractivity contribution in [2.45, 2.75) is 39.0 Å². The largest absolute Gasteiger partial charge is 0.383 e. The number of nitrogens with two attached hydrogens (primary N) is 1. The molecule has 1 heterocycles. The molecular formula is C11H19N3S. The molecule has 0 bridgehead atoms. The van der Waals surface area contributed by atoms with Crippen LogP contribution in [0.15, 0.2) is 6.07 Å². The first-order valence-corrected chi connectivity index (χ1v) is 6.47. The molecule has 0 spiro atoms. The zero-order valence-corrected chi connectivity index (χ0v) is 10.1. The van der Waals surface area contributed by atoms with E-state index in [-0.39, 0.29) is 0 Å². The second-order valence-electron chi connectivity index (χ2n) is 4.53. The number of anilines is 2. The lowest BCUT2D eigenvalue weighted by atomic mass is 9.83. The van der Waals surface area contributed by atoms with E-state index in [0.717, 1.165) is 11.5 Å². The molecule has 0 aliphatic heterocycles. The zero-order chi connectivity index (χ0) is 10.7. The molecule has 84 valence electrons. The van der Waals surface area contributed by atoms with Crippen molar-refractivity contribution in [2.75, 3.05) is 17.6 Å². The van der Waals surface area contributed by atoms with Crippen LogP contribution in [0.4, 0.5) is 10.8 Å². The average Bonchev–Trinajstić information content (AvgIpc) is 2.85. The summed E-state index contributed by atoms with van der Waals surface area (Å²) in [7, 11) is 0. The fraction of sp³-hybridized carbons (Fsp3) is 0.727. The van der Waals surface area contributed by atoms with Crippen molar-refractivity contribution in [3.63, 3.8) is 0 Å². The number of nitrogens with zero attached hydrogens (tertiary/aromatic N) is 1. The van der Waals surface area contributed by atoms with Gasteiger partial charge in [0.05, 0.1) is 0 Å². The molecule has 4 heteroatoms. The fourth-order valence-corrected chi connectivity index (χ4v) is 2.99. The topological polar surface area (TPSA) is 50.9 Å². The Hall–Kier alpha value is -0.770. The minimum absolute atomic E-state index is 0.527. The first-order chi connectivity index (χ1) is 7.24. The van der Waals surface area contributed by atoms with Crippen molar-refractivity contribution in [3.05, 3.63) is 6.07 Å². The summed E-state index contributed by atoms with van der Waals surface area (Å²) in [6.45, 7) is 3.37. The van der Waals surface area contributed by atoms with Gasteiger partial charge in [0.2, 0.25) is 0 Å². The molecule has 0 unspecified atom stereocenters. The van der Waals surface area contributed by atoms with Gasteiger partial charge in [0.15, 0.2) is 0 Å². The number of nitrogens with one attached hydrogen (secondary N) is 1. The average molecular weight is 225 g/mol. The number of hydrogen-bond donors (Lipinski definition) is 2. The molecule has 1 saturated carbocycles. The van der Waals surface area contributed by atoms with E-state index < -0.39 is 0 Å². The molecule has 15 heavy (non-hydrogen) atoms. The lowest BCUT2D eigenvalue weighted by Crippen LogP contribution is -2.25. The van der Waals surface area contributed by atoms with Crippen molar-refractivity contribution < 1.29 is 0 Å². The van der Waals surface area contributed by atoms with E-state index in [4.69, 9.17) is 5.73 Å². The Kier molecular flexibility index (Phi) is 3.14. The van der Waals surface area contributed by atoms with Crippen molar-refractivity contribution >= 4 is 22.4 Å². The summed E-state index contributed by atoms with van der Waals surface area (Å²) < 4.78 is 4.07. The highest BCUT2D eigenvalue weighted by atomic mass is 32.1. The summed E-state index contributed by atoms with van der Waals surface area (Å²) in [5.41, 5.74) is 6.11. The summed E-state index contributed by atoms with van der Waals surface area (Å²) in [4.78, 5) is 0. The monoisotopic (exact) mass is 225 g/mol. The van der Waals surface area contributed by atoms with E-state index in [9.17, 15) is 0 Å². The third kappa shape index (κ3) is 2.43. The van der Waals surface area contributed by atoms with Crippen LogP contribution in [-0.2, 0) is 0 Å². The zero-order valence-electron chi connectivity index (χ0n) is 9.25. The van der Waals surface area contributed by atoms with Gasteiger partial charge >= 0.3 is 0 Å². The van der Waals surface area contributed by atoms with Crippen LogP contribution < -0.4 is 11.1 Å². The summed E-state index contributed by atoms with van der Waals surface area (Å²) in [5, 5.41) is 4.58. The van der Waals surface area contributed by atoms with Crippen molar-refractivity contribution in [3.8, 4) is 0 Å². The predicted octanol–water partition coefficient (Wildman–Crippen LogP) is 3.11. The second-order valence-corrected chi connectivity index (χ2v) is 5.34. The predicted molar refractivity (Wildman–Crippen MR) is 66.2 cm³/mol. The van der Waals surface area contributed by atoms with Gasteiger partial charge in [-0.3, -0.25) is 0 Å². The highest BCUT2D eigenvalue weighted by Gasteiger charge is 2.31. The van der Waals surface area contributed by atoms with Crippen molar-refractivity contribution in [1.82, 2.24) is 4.37 Å². The van der Waals surface area contributed by atoms with Crippen LogP contribution in [0, 0.1) is 5.41 Å². The molecule has 0 aromatic carbocycles. The Morgan fingerprint density at radius 1 is 1.53 bits per heavy atom. The van der Waals surface area contributed by atoms with Crippen molar-refractivity contribution in [2.24, 2.45) is 5.41 Å². The SMILES string of the molecule is CCC1(CNc2cc(N)ns2)CCCC1. The Labute approximate surface area is 95.2 Å². The van der Waals surface area contributed by atoms with E-state index in [0.29, 0.717) is 11.2 Å². The van der Waals surface area contributed by atoms with E-state index in [1.54, 1.807) is 0 Å². The minimum Gasteiger partial charge on any atom is -0.383 e. The molecule has 1 aliphatic rings. The maximum atomic E-state index is 5.59. The first kappa shape index (κ1) is 10.7. The normalized spacial score (nSPS) is 19.3. The Bertz CT molecular complexity index is 315. The second kappa shape index (κ2) is 4.39. The van der Waals surface area contributed by atoms with Crippen LogP contribution >= 0.6 is 11.5 Å². The first-order valence-electron chi connectivity index (χ1n) is 5.70. The molecule has 0 radical (unpaired) electrons. The van der Waals surface area contributed by atoms with E-state index in [1.807, 2.05) is 6.07 Å². The quantitative estimate of drug-likeness (QED) is 0.828. The van der Waals surface area contributed by atoms with Gasteiger partial charge in [-0.15, -0.1) is 0 Å². The van der Waals surface area contributed by atoms with E-state index in [2.05, 4.69) is 16.6 Å². The lowest BCUT2D eigenvalue weighted by molar-refractivity contribution is 0.307. The molecule has 0 amide bonds. The molecule has 1 aromatic rings. The Balaban J connectivity index is 1.91. The number of rotatable bonds is 4. The molecule has 1 aliphatic carbocycles. The maximum absolute atomic E-state index is 5.59. The van der Waals surface area contributed by atoms with Crippen LogP contribution in [0.5, 0.6) is 0 Å². The van der Waals surface area contributed by atoms with Crippen LogP contribution in [0.3, 0.4) is 0 Å². The molecule has 3 N–H and O–H groups in total. The van der Waals surface area contributed by atoms with Gasteiger partial charge in [0, 0.05) is 12.6 Å². The van der Waals surface area contributed by atoms with Crippen LogP contribution in [0.2, 0.25) is 0 Å². The molecule has 1 fully saturated rings. The van der Waals surface area contributed by atoms with Gasteiger partial charge in [0.1, 0.15) is 10.8 Å². The van der Waals surface area contributed by atoms with Crippen LogP contribution in [0.1, 0.15) is 39.0 Å². The summed E-state index contributed by atoms with van der Waals surface area (Å²) in [5.74, 6) is 0.625. The number of hydrogen-bond acceptors (Lipinski definition) is 4. The number of nitrogen functional groups attached to an aromatic ring is 1. The van der Waals surface area contributed by atoms with Gasteiger partial charge in [-0.05, 0) is 36.2 Å². The molecular weight excluding hydrogens is 206 g/mol. The number of aromatic nitrogens is 1.